The SMILES string of the molecule is O=C(O)Cc1nnc(CC2=NC3C=CC(c4ccc(Cl)cc4)=C(F)C3S2)o1. The summed E-state index contributed by atoms with van der Waals surface area (Å²) in [4.78, 5) is 15.2. The Morgan fingerprint density at radius 3 is 2.74 bits per heavy atom. The lowest BCUT2D eigenvalue weighted by atomic mass is 9.96. The van der Waals surface area contributed by atoms with Crippen LogP contribution in [-0.4, -0.2) is 37.6 Å². The molecule has 2 aromatic rings. The van der Waals surface area contributed by atoms with Crippen molar-refractivity contribution >= 4 is 39.9 Å². The van der Waals surface area contributed by atoms with E-state index >= 15 is 4.39 Å². The molecule has 0 saturated heterocycles. The molecule has 0 spiro atoms. The third kappa shape index (κ3) is 3.81. The number of allylic oxidation sites excluding steroid dienone is 2. The van der Waals surface area contributed by atoms with Crippen LogP contribution in [0.2, 0.25) is 5.02 Å². The fourth-order valence-electron chi connectivity index (χ4n) is 2.89. The second kappa shape index (κ2) is 7.28. The first-order valence-corrected chi connectivity index (χ1v) is 9.35. The highest BCUT2D eigenvalue weighted by atomic mass is 35.5. The van der Waals surface area contributed by atoms with Crippen molar-refractivity contribution in [1.29, 1.82) is 0 Å². The highest BCUT2D eigenvalue weighted by Crippen LogP contribution is 2.41. The fraction of sp³-hybridized carbons (Fsp3) is 0.222. The summed E-state index contributed by atoms with van der Waals surface area (Å²) in [7, 11) is 0. The third-order valence-electron chi connectivity index (χ3n) is 4.10. The first kappa shape index (κ1) is 17.9. The van der Waals surface area contributed by atoms with Crippen molar-refractivity contribution in [2.75, 3.05) is 0 Å². The number of fused-ring (bicyclic) bond motifs is 1. The molecule has 0 radical (unpaired) electrons. The maximum atomic E-state index is 15.0. The van der Waals surface area contributed by atoms with Crippen molar-refractivity contribution in [3.8, 4) is 0 Å². The molecule has 1 aromatic heterocycles. The van der Waals surface area contributed by atoms with Gasteiger partial charge in [-0.05, 0) is 17.7 Å². The van der Waals surface area contributed by atoms with Gasteiger partial charge >= 0.3 is 5.97 Å². The number of nitrogens with zero attached hydrogens (tertiary/aromatic N) is 3. The Labute approximate surface area is 162 Å². The molecule has 9 heteroatoms. The zero-order valence-electron chi connectivity index (χ0n) is 13.8. The van der Waals surface area contributed by atoms with E-state index in [1.54, 1.807) is 30.3 Å². The minimum atomic E-state index is -1.05. The monoisotopic (exact) mass is 405 g/mol. The van der Waals surface area contributed by atoms with Gasteiger partial charge in [-0.2, -0.15) is 0 Å². The first-order valence-electron chi connectivity index (χ1n) is 8.10. The molecule has 1 N–H and O–H groups in total. The molecule has 2 aliphatic rings. The van der Waals surface area contributed by atoms with E-state index < -0.39 is 11.2 Å². The number of aliphatic imine (C=N–C) groups is 1. The van der Waals surface area contributed by atoms with Crippen LogP contribution in [0.15, 0.2) is 51.7 Å². The number of thioether (sulfide) groups is 1. The van der Waals surface area contributed by atoms with Crippen LogP contribution in [0.1, 0.15) is 17.3 Å². The summed E-state index contributed by atoms with van der Waals surface area (Å²) in [5.74, 6) is -0.974. The Kier molecular flexibility index (Phi) is 4.84. The van der Waals surface area contributed by atoms with Crippen LogP contribution in [0, 0.1) is 0 Å². The van der Waals surface area contributed by atoms with Gasteiger partial charge in [0.2, 0.25) is 11.8 Å². The number of rotatable bonds is 5. The van der Waals surface area contributed by atoms with Crippen molar-refractivity contribution in [2.45, 2.75) is 24.1 Å². The molecule has 6 nitrogen and oxygen atoms in total. The third-order valence-corrected chi connectivity index (χ3v) is 5.62. The van der Waals surface area contributed by atoms with Crippen molar-refractivity contribution in [1.82, 2.24) is 10.2 Å². The summed E-state index contributed by atoms with van der Waals surface area (Å²) in [6, 6.07) is 6.73. The molecule has 1 aliphatic heterocycles. The van der Waals surface area contributed by atoms with Gasteiger partial charge in [0.25, 0.3) is 0 Å². The summed E-state index contributed by atoms with van der Waals surface area (Å²) < 4.78 is 20.3. The largest absolute Gasteiger partial charge is 0.481 e. The minimum Gasteiger partial charge on any atom is -0.481 e. The van der Waals surface area contributed by atoms with Gasteiger partial charge in [0, 0.05) is 10.6 Å². The summed E-state index contributed by atoms with van der Waals surface area (Å²) >= 11 is 7.22. The van der Waals surface area contributed by atoms with Gasteiger partial charge in [-0.25, -0.2) is 4.39 Å². The molecule has 27 heavy (non-hydrogen) atoms. The Morgan fingerprint density at radius 1 is 1.26 bits per heavy atom. The first-order chi connectivity index (χ1) is 13.0. The van der Waals surface area contributed by atoms with Crippen molar-refractivity contribution in [2.24, 2.45) is 4.99 Å². The maximum Gasteiger partial charge on any atom is 0.312 e. The molecular weight excluding hydrogens is 393 g/mol. The van der Waals surface area contributed by atoms with Gasteiger partial charge in [0.1, 0.15) is 12.2 Å². The number of aliphatic carboxylic acids is 1. The molecule has 2 atom stereocenters. The van der Waals surface area contributed by atoms with E-state index in [2.05, 4.69) is 15.2 Å². The molecule has 0 fully saturated rings. The number of carboxylic acids is 1. The van der Waals surface area contributed by atoms with Crippen LogP contribution in [0.25, 0.3) is 5.57 Å². The average Bonchev–Trinajstić information content (AvgIpc) is 3.23. The quantitative estimate of drug-likeness (QED) is 0.815. The molecule has 2 unspecified atom stereocenters. The molecular formula is C18H13ClFN3O3S. The minimum absolute atomic E-state index is 0.0366. The summed E-state index contributed by atoms with van der Waals surface area (Å²) in [5.41, 5.74) is 1.29. The number of benzene rings is 1. The lowest BCUT2D eigenvalue weighted by Gasteiger charge is -2.19. The van der Waals surface area contributed by atoms with Crippen LogP contribution in [0.5, 0.6) is 0 Å². The van der Waals surface area contributed by atoms with Crippen molar-refractivity contribution in [3.63, 3.8) is 0 Å². The van der Waals surface area contributed by atoms with Gasteiger partial charge in [-0.15, -0.1) is 10.2 Å². The number of carbonyl (C=O) groups is 1. The molecule has 0 bridgehead atoms. The standard InChI is InChI=1S/C18H13ClFN3O3S/c19-10-3-1-9(2-4-10)11-5-6-12-18(17(11)20)27-15(21-12)7-13-22-23-14(26-13)8-16(24)25/h1-6,12,18H,7-8H2,(H,24,25). The number of halogens is 2. The van der Waals surface area contributed by atoms with Crippen LogP contribution < -0.4 is 0 Å². The average molecular weight is 406 g/mol. The second-order valence-electron chi connectivity index (χ2n) is 6.02. The topological polar surface area (TPSA) is 88.6 Å². The zero-order chi connectivity index (χ0) is 19.0. The highest BCUT2D eigenvalue weighted by Gasteiger charge is 2.36. The van der Waals surface area contributed by atoms with Gasteiger partial charge in [-0.1, -0.05) is 47.6 Å². The fourth-order valence-corrected chi connectivity index (χ4v) is 4.22. The van der Waals surface area contributed by atoms with E-state index in [1.165, 1.54) is 11.8 Å². The van der Waals surface area contributed by atoms with E-state index in [-0.39, 0.29) is 36.5 Å². The predicted octanol–water partition coefficient (Wildman–Crippen LogP) is 3.73. The van der Waals surface area contributed by atoms with Gasteiger partial charge in [0.15, 0.2) is 0 Å². The normalized spacial score (nSPS) is 21.3. The smallest absolute Gasteiger partial charge is 0.312 e. The zero-order valence-corrected chi connectivity index (χ0v) is 15.4. The van der Waals surface area contributed by atoms with Gasteiger partial charge < -0.3 is 9.52 Å². The highest BCUT2D eigenvalue weighted by molar-refractivity contribution is 8.15. The molecule has 1 aromatic carbocycles. The Bertz CT molecular complexity index is 984. The molecule has 138 valence electrons. The lowest BCUT2D eigenvalue weighted by Crippen LogP contribution is -2.19. The van der Waals surface area contributed by atoms with Gasteiger partial charge in [-0.3, -0.25) is 9.79 Å². The Hall–Kier alpha value is -2.45. The summed E-state index contributed by atoms with van der Waals surface area (Å²) in [5, 5.41) is 17.1. The van der Waals surface area contributed by atoms with E-state index in [1.807, 2.05) is 6.08 Å². The Balaban J connectivity index is 1.49. The number of carboxylic acid groups (broad SMARTS) is 1. The number of hydrogen-bond donors (Lipinski definition) is 1. The predicted molar refractivity (Wildman–Crippen MR) is 101 cm³/mol. The van der Waals surface area contributed by atoms with Crippen LogP contribution in [-0.2, 0) is 17.6 Å². The van der Waals surface area contributed by atoms with Crippen LogP contribution >= 0.6 is 23.4 Å². The van der Waals surface area contributed by atoms with Gasteiger partial charge in [0.05, 0.1) is 22.8 Å². The van der Waals surface area contributed by atoms with Crippen molar-refractivity contribution in [3.05, 3.63) is 64.6 Å². The lowest BCUT2D eigenvalue weighted by molar-refractivity contribution is -0.136. The molecule has 0 saturated carbocycles. The van der Waals surface area contributed by atoms with E-state index in [0.717, 1.165) is 5.56 Å². The van der Waals surface area contributed by atoms with Crippen LogP contribution in [0.4, 0.5) is 4.39 Å². The Morgan fingerprint density at radius 2 is 2.00 bits per heavy atom. The number of aromatic nitrogens is 2. The maximum absolute atomic E-state index is 15.0. The molecule has 1 aliphatic carbocycles. The summed E-state index contributed by atoms with van der Waals surface area (Å²) in [6.45, 7) is 0. The van der Waals surface area contributed by atoms with E-state index in [0.29, 0.717) is 15.6 Å². The molecule has 0 amide bonds. The summed E-state index contributed by atoms with van der Waals surface area (Å²) in [6.07, 6.45) is 3.54. The van der Waals surface area contributed by atoms with Crippen LogP contribution in [0.3, 0.4) is 0 Å². The molecule has 2 heterocycles. The second-order valence-corrected chi connectivity index (χ2v) is 7.67. The van der Waals surface area contributed by atoms with E-state index in [4.69, 9.17) is 21.1 Å². The van der Waals surface area contributed by atoms with Crippen molar-refractivity contribution < 1.29 is 18.7 Å². The van der Waals surface area contributed by atoms with E-state index in [9.17, 15) is 4.79 Å². The molecule has 4 rings (SSSR count). The number of hydrogen-bond acceptors (Lipinski definition) is 6.